The van der Waals surface area contributed by atoms with Gasteiger partial charge < -0.3 is 10.2 Å². The van der Waals surface area contributed by atoms with Crippen molar-refractivity contribution in [2.45, 2.75) is 25.7 Å². The number of rotatable bonds is 5. The summed E-state index contributed by atoms with van der Waals surface area (Å²) in [5.74, 6) is 1.04. The zero-order valence-electron chi connectivity index (χ0n) is 12.5. The topological polar surface area (TPSA) is 32.3 Å². The molecule has 0 bridgehead atoms. The Morgan fingerprint density at radius 1 is 1.29 bits per heavy atom. The van der Waals surface area contributed by atoms with Gasteiger partial charge in [-0.2, -0.15) is 0 Å². The first-order valence-corrected chi connectivity index (χ1v) is 8.15. The Morgan fingerprint density at radius 2 is 1.90 bits per heavy atom. The van der Waals surface area contributed by atoms with Gasteiger partial charge in [-0.1, -0.05) is 28.1 Å². The fraction of sp³-hybridized carbons (Fsp3) is 0.562. The van der Waals surface area contributed by atoms with Gasteiger partial charge in [-0.05, 0) is 56.5 Å². The first-order chi connectivity index (χ1) is 9.69. The van der Waals surface area contributed by atoms with E-state index >= 15 is 0 Å². The van der Waals surface area contributed by atoms with E-state index in [9.17, 15) is 4.79 Å². The van der Waals surface area contributed by atoms with Crippen LogP contribution < -0.4 is 5.32 Å². The second-order valence-corrected chi connectivity index (χ2v) is 6.44. The standard InChI is InChI=1S/C16H23BrN2O.ClH/c1-18-9-6-13-7-10-19(11-8-13)16(20)12-14-2-4-15(17)5-3-14;/h2-5,13,18H,6-12H2,1H3;1H. The molecule has 0 spiro atoms. The first-order valence-electron chi connectivity index (χ1n) is 7.36. The van der Waals surface area contributed by atoms with E-state index in [-0.39, 0.29) is 18.3 Å². The predicted octanol–water partition coefficient (Wildman–Crippen LogP) is 3.26. The van der Waals surface area contributed by atoms with Crippen molar-refractivity contribution in [1.82, 2.24) is 10.2 Å². The summed E-state index contributed by atoms with van der Waals surface area (Å²) < 4.78 is 1.05. The number of piperidine rings is 1. The van der Waals surface area contributed by atoms with Gasteiger partial charge in [0.25, 0.3) is 0 Å². The second kappa shape index (κ2) is 9.44. The minimum absolute atomic E-state index is 0. The second-order valence-electron chi connectivity index (χ2n) is 5.52. The lowest BCUT2D eigenvalue weighted by Crippen LogP contribution is -2.39. The van der Waals surface area contributed by atoms with Crippen LogP contribution in [0, 0.1) is 5.92 Å². The molecule has 0 radical (unpaired) electrons. The molecule has 0 aromatic heterocycles. The number of nitrogens with zero attached hydrogens (tertiary/aromatic N) is 1. The molecule has 1 aromatic rings. The molecule has 0 atom stereocenters. The summed E-state index contributed by atoms with van der Waals surface area (Å²) in [6, 6.07) is 8.02. The van der Waals surface area contributed by atoms with Crippen LogP contribution in [-0.4, -0.2) is 37.5 Å². The lowest BCUT2D eigenvalue weighted by atomic mass is 9.93. The van der Waals surface area contributed by atoms with E-state index in [0.29, 0.717) is 6.42 Å². The summed E-state index contributed by atoms with van der Waals surface area (Å²) >= 11 is 3.41. The molecule has 1 saturated heterocycles. The summed E-state index contributed by atoms with van der Waals surface area (Å²) in [6.45, 7) is 2.92. The maximum absolute atomic E-state index is 12.3. The average molecular weight is 376 g/mol. The van der Waals surface area contributed by atoms with Gasteiger partial charge in [0.1, 0.15) is 0 Å². The quantitative estimate of drug-likeness (QED) is 0.856. The van der Waals surface area contributed by atoms with Crippen molar-refractivity contribution in [3.63, 3.8) is 0 Å². The molecule has 118 valence electrons. The van der Waals surface area contributed by atoms with Crippen LogP contribution in [0.3, 0.4) is 0 Å². The van der Waals surface area contributed by atoms with Gasteiger partial charge in [0.2, 0.25) is 5.91 Å². The van der Waals surface area contributed by atoms with Crippen molar-refractivity contribution in [3.8, 4) is 0 Å². The molecule has 3 nitrogen and oxygen atoms in total. The van der Waals surface area contributed by atoms with Crippen LogP contribution in [0.2, 0.25) is 0 Å². The van der Waals surface area contributed by atoms with E-state index < -0.39 is 0 Å². The van der Waals surface area contributed by atoms with Gasteiger partial charge >= 0.3 is 0 Å². The highest BCUT2D eigenvalue weighted by atomic mass is 79.9. The summed E-state index contributed by atoms with van der Waals surface area (Å²) in [4.78, 5) is 14.3. The molecule has 1 aliphatic heterocycles. The third-order valence-electron chi connectivity index (χ3n) is 4.04. The molecule has 1 heterocycles. The van der Waals surface area contributed by atoms with Gasteiger partial charge in [0.15, 0.2) is 0 Å². The summed E-state index contributed by atoms with van der Waals surface area (Å²) in [5.41, 5.74) is 1.09. The lowest BCUT2D eigenvalue weighted by Gasteiger charge is -2.32. The highest BCUT2D eigenvalue weighted by Crippen LogP contribution is 2.21. The Balaban J connectivity index is 0.00000220. The smallest absolute Gasteiger partial charge is 0.226 e. The Kier molecular flexibility index (Phi) is 8.30. The van der Waals surface area contributed by atoms with Crippen LogP contribution in [0.15, 0.2) is 28.7 Å². The molecule has 1 amide bonds. The van der Waals surface area contributed by atoms with Crippen LogP contribution in [0.1, 0.15) is 24.8 Å². The maximum Gasteiger partial charge on any atom is 0.226 e. The number of nitrogens with one attached hydrogen (secondary N) is 1. The minimum atomic E-state index is 0. The van der Waals surface area contributed by atoms with Crippen LogP contribution in [-0.2, 0) is 11.2 Å². The molecule has 21 heavy (non-hydrogen) atoms. The van der Waals surface area contributed by atoms with Gasteiger partial charge in [0, 0.05) is 17.6 Å². The van der Waals surface area contributed by atoms with Gasteiger partial charge in [0.05, 0.1) is 6.42 Å². The molecular weight excluding hydrogens is 352 g/mol. The number of halogens is 2. The number of benzene rings is 1. The largest absolute Gasteiger partial charge is 0.342 e. The summed E-state index contributed by atoms with van der Waals surface area (Å²) in [7, 11) is 2.00. The zero-order valence-corrected chi connectivity index (χ0v) is 14.9. The monoisotopic (exact) mass is 374 g/mol. The third-order valence-corrected chi connectivity index (χ3v) is 4.57. The molecule has 0 aliphatic carbocycles. The molecule has 0 unspecified atom stereocenters. The molecule has 5 heteroatoms. The average Bonchev–Trinajstić information content (AvgIpc) is 2.48. The molecule has 0 saturated carbocycles. The van der Waals surface area contributed by atoms with E-state index in [1.165, 1.54) is 6.42 Å². The van der Waals surface area contributed by atoms with E-state index in [0.717, 1.165) is 48.4 Å². The molecular formula is C16H24BrClN2O. The van der Waals surface area contributed by atoms with E-state index in [1.807, 2.05) is 36.2 Å². The zero-order chi connectivity index (χ0) is 14.4. The Hall–Kier alpha value is -0.580. The normalized spacial score (nSPS) is 15.6. The number of hydrogen-bond donors (Lipinski definition) is 1. The van der Waals surface area contributed by atoms with Crippen LogP contribution in [0.5, 0.6) is 0 Å². The van der Waals surface area contributed by atoms with Gasteiger partial charge in [-0.25, -0.2) is 0 Å². The summed E-state index contributed by atoms with van der Waals surface area (Å²) in [5, 5.41) is 3.20. The van der Waals surface area contributed by atoms with Gasteiger partial charge in [-0.15, -0.1) is 12.4 Å². The highest BCUT2D eigenvalue weighted by Gasteiger charge is 2.22. The molecule has 1 fully saturated rings. The van der Waals surface area contributed by atoms with Gasteiger partial charge in [-0.3, -0.25) is 4.79 Å². The van der Waals surface area contributed by atoms with E-state index in [4.69, 9.17) is 0 Å². The number of carbonyl (C=O) groups excluding carboxylic acids is 1. The van der Waals surface area contributed by atoms with Crippen LogP contribution in [0.4, 0.5) is 0 Å². The Bertz CT molecular complexity index is 430. The Labute approximate surface area is 142 Å². The predicted molar refractivity (Wildman–Crippen MR) is 92.9 cm³/mol. The fourth-order valence-electron chi connectivity index (χ4n) is 2.71. The summed E-state index contributed by atoms with van der Waals surface area (Å²) in [6.07, 6.45) is 4.04. The van der Waals surface area contributed by atoms with E-state index in [2.05, 4.69) is 21.2 Å². The number of amides is 1. The van der Waals surface area contributed by atoms with Crippen LogP contribution in [0.25, 0.3) is 0 Å². The molecule has 2 rings (SSSR count). The Morgan fingerprint density at radius 3 is 2.48 bits per heavy atom. The highest BCUT2D eigenvalue weighted by molar-refractivity contribution is 9.10. The lowest BCUT2D eigenvalue weighted by molar-refractivity contribution is -0.131. The number of carbonyl (C=O) groups is 1. The van der Waals surface area contributed by atoms with Crippen molar-refractivity contribution in [2.75, 3.05) is 26.7 Å². The fourth-order valence-corrected chi connectivity index (χ4v) is 2.97. The number of hydrogen-bond acceptors (Lipinski definition) is 2. The van der Waals surface area contributed by atoms with Crippen molar-refractivity contribution < 1.29 is 4.79 Å². The molecule has 1 N–H and O–H groups in total. The van der Waals surface area contributed by atoms with Crippen molar-refractivity contribution in [2.24, 2.45) is 5.92 Å². The van der Waals surface area contributed by atoms with Crippen LogP contribution >= 0.6 is 28.3 Å². The SMILES string of the molecule is CNCCC1CCN(C(=O)Cc2ccc(Br)cc2)CC1.Cl. The maximum atomic E-state index is 12.3. The molecule has 1 aliphatic rings. The van der Waals surface area contributed by atoms with Crippen molar-refractivity contribution >= 4 is 34.2 Å². The molecule has 1 aromatic carbocycles. The minimum Gasteiger partial charge on any atom is -0.342 e. The first kappa shape index (κ1) is 18.5. The van der Waals surface area contributed by atoms with Crippen molar-refractivity contribution in [1.29, 1.82) is 0 Å². The third kappa shape index (κ3) is 5.97. The van der Waals surface area contributed by atoms with E-state index in [1.54, 1.807) is 0 Å². The number of likely N-dealkylation sites (tertiary alicyclic amines) is 1. The van der Waals surface area contributed by atoms with Crippen molar-refractivity contribution in [3.05, 3.63) is 34.3 Å².